The first-order valence-electron chi connectivity index (χ1n) is 8.84. The maximum absolute atomic E-state index is 12.9. The van der Waals surface area contributed by atoms with Crippen molar-refractivity contribution >= 4 is 11.8 Å². The van der Waals surface area contributed by atoms with Gasteiger partial charge in [-0.15, -0.1) is 5.10 Å². The quantitative estimate of drug-likeness (QED) is 0.415. The van der Waals surface area contributed by atoms with Gasteiger partial charge in [-0.3, -0.25) is 0 Å². The lowest BCUT2D eigenvalue weighted by Crippen LogP contribution is -2.04. The molecule has 2 aromatic carbocycles. The van der Waals surface area contributed by atoms with Crippen LogP contribution in [0.15, 0.2) is 58.2 Å². The lowest BCUT2D eigenvalue weighted by molar-refractivity contribution is -0.137. The lowest BCUT2D eigenvalue weighted by atomic mass is 10.1. The summed E-state index contributed by atoms with van der Waals surface area (Å²) < 4.78 is 45.7. The Morgan fingerprint density at radius 1 is 1.10 bits per heavy atom. The molecule has 1 unspecified atom stereocenters. The van der Waals surface area contributed by atoms with Crippen LogP contribution in [0, 0.1) is 6.92 Å². The van der Waals surface area contributed by atoms with Crippen LogP contribution < -0.4 is 0 Å². The molecule has 0 N–H and O–H groups in total. The predicted molar refractivity (Wildman–Crippen MR) is 103 cm³/mol. The second-order valence-electron chi connectivity index (χ2n) is 6.50. The average molecular weight is 432 g/mol. The predicted octanol–water partition coefficient (Wildman–Crippen LogP) is 4.89. The molecule has 0 aliphatic carbocycles. The van der Waals surface area contributed by atoms with Crippen molar-refractivity contribution in [3.63, 3.8) is 0 Å². The molecular weight excluding hydrogens is 417 g/mol. The fourth-order valence-corrected chi connectivity index (χ4v) is 3.50. The normalized spacial score (nSPS) is 12.8. The van der Waals surface area contributed by atoms with E-state index in [4.69, 9.17) is 4.52 Å². The third-order valence-corrected chi connectivity index (χ3v) is 5.26. The highest BCUT2D eigenvalue weighted by Gasteiger charge is 2.31. The summed E-state index contributed by atoms with van der Waals surface area (Å²) in [6.45, 7) is 3.81. The third kappa shape index (κ3) is 4.20. The molecule has 0 radical (unpaired) electrons. The van der Waals surface area contributed by atoms with Crippen molar-refractivity contribution in [1.82, 2.24) is 30.3 Å². The Balaban J connectivity index is 1.54. The van der Waals surface area contributed by atoms with Gasteiger partial charge in [0.15, 0.2) is 0 Å². The zero-order valence-electron chi connectivity index (χ0n) is 15.8. The first-order valence-corrected chi connectivity index (χ1v) is 9.72. The Bertz CT molecular complexity index is 1160. The number of hydrogen-bond acceptors (Lipinski definition) is 7. The molecule has 2 heterocycles. The van der Waals surface area contributed by atoms with Crippen LogP contribution in [-0.4, -0.2) is 30.3 Å². The van der Waals surface area contributed by atoms with E-state index in [2.05, 4.69) is 25.7 Å². The molecule has 7 nitrogen and oxygen atoms in total. The van der Waals surface area contributed by atoms with E-state index >= 15 is 0 Å². The maximum Gasteiger partial charge on any atom is 0.416 e. The van der Waals surface area contributed by atoms with Gasteiger partial charge in [-0.05, 0) is 48.5 Å². The summed E-state index contributed by atoms with van der Waals surface area (Å²) in [6, 6.07) is 12.5. The molecule has 1 atom stereocenters. The average Bonchev–Trinajstić information content (AvgIpc) is 3.38. The lowest BCUT2D eigenvalue weighted by Gasteiger charge is -2.07. The molecule has 11 heteroatoms. The fraction of sp³-hybridized carbons (Fsp3) is 0.211. The van der Waals surface area contributed by atoms with Crippen molar-refractivity contribution in [1.29, 1.82) is 0 Å². The monoisotopic (exact) mass is 432 g/mol. The van der Waals surface area contributed by atoms with Gasteiger partial charge < -0.3 is 4.52 Å². The Kier molecular flexibility index (Phi) is 5.29. The number of aromatic nitrogens is 6. The molecule has 0 amide bonds. The number of thioether (sulfide) groups is 1. The molecule has 0 aliphatic heterocycles. The van der Waals surface area contributed by atoms with Crippen molar-refractivity contribution in [2.45, 2.75) is 30.4 Å². The van der Waals surface area contributed by atoms with E-state index in [1.807, 2.05) is 38.1 Å². The van der Waals surface area contributed by atoms with Crippen LogP contribution in [-0.2, 0) is 6.18 Å². The first kappa shape index (κ1) is 20.1. The number of hydrogen-bond donors (Lipinski definition) is 0. The van der Waals surface area contributed by atoms with E-state index in [0.29, 0.717) is 5.16 Å². The summed E-state index contributed by atoms with van der Waals surface area (Å²) in [5.74, 6) is 0.340. The van der Waals surface area contributed by atoms with E-state index in [1.165, 1.54) is 23.9 Å². The fourth-order valence-electron chi connectivity index (χ4n) is 2.66. The van der Waals surface area contributed by atoms with Crippen molar-refractivity contribution in [2.24, 2.45) is 0 Å². The summed E-state index contributed by atoms with van der Waals surface area (Å²) in [4.78, 5) is 4.25. The van der Waals surface area contributed by atoms with Gasteiger partial charge in [-0.25, -0.2) is 0 Å². The third-order valence-electron chi connectivity index (χ3n) is 4.24. The van der Waals surface area contributed by atoms with Crippen LogP contribution >= 0.6 is 11.8 Å². The Labute approximate surface area is 173 Å². The molecule has 4 rings (SSSR count). The topological polar surface area (TPSA) is 82.5 Å². The summed E-state index contributed by atoms with van der Waals surface area (Å²) in [6.07, 6.45) is -4.45. The van der Waals surface area contributed by atoms with Gasteiger partial charge in [0, 0.05) is 5.56 Å². The second kappa shape index (κ2) is 7.90. The second-order valence-corrected chi connectivity index (χ2v) is 7.81. The van der Waals surface area contributed by atoms with Crippen LogP contribution in [0.1, 0.15) is 29.2 Å². The molecule has 2 aromatic heterocycles. The van der Waals surface area contributed by atoms with E-state index < -0.39 is 11.7 Å². The highest BCUT2D eigenvalue weighted by atomic mass is 32.2. The van der Waals surface area contributed by atoms with Crippen LogP contribution in [0.3, 0.4) is 0 Å². The number of halogens is 3. The van der Waals surface area contributed by atoms with Crippen LogP contribution in [0.2, 0.25) is 0 Å². The minimum atomic E-state index is -4.45. The molecule has 0 saturated heterocycles. The zero-order chi connectivity index (χ0) is 21.3. The summed E-state index contributed by atoms with van der Waals surface area (Å²) in [5.41, 5.74) is 1.37. The van der Waals surface area contributed by atoms with E-state index in [1.54, 1.807) is 4.68 Å². The molecule has 0 bridgehead atoms. The Morgan fingerprint density at radius 3 is 2.60 bits per heavy atom. The van der Waals surface area contributed by atoms with Crippen molar-refractivity contribution in [2.75, 3.05) is 0 Å². The van der Waals surface area contributed by atoms with Crippen LogP contribution in [0.4, 0.5) is 13.2 Å². The van der Waals surface area contributed by atoms with Crippen molar-refractivity contribution in [3.05, 3.63) is 65.5 Å². The number of rotatable bonds is 5. The number of nitrogens with zero attached hydrogens (tertiary/aromatic N) is 6. The molecule has 0 aliphatic rings. The first-order chi connectivity index (χ1) is 14.3. The summed E-state index contributed by atoms with van der Waals surface area (Å²) in [7, 11) is 0. The van der Waals surface area contributed by atoms with Gasteiger partial charge in [-0.1, -0.05) is 46.7 Å². The number of benzene rings is 2. The number of alkyl halides is 3. The molecule has 0 spiro atoms. The molecule has 30 heavy (non-hydrogen) atoms. The highest BCUT2D eigenvalue weighted by molar-refractivity contribution is 7.99. The highest BCUT2D eigenvalue weighted by Crippen LogP contribution is 2.35. The largest absolute Gasteiger partial charge is 0.416 e. The van der Waals surface area contributed by atoms with Gasteiger partial charge in [-0.2, -0.15) is 22.8 Å². The van der Waals surface area contributed by atoms with Crippen molar-refractivity contribution < 1.29 is 17.7 Å². The van der Waals surface area contributed by atoms with Gasteiger partial charge in [0.2, 0.25) is 16.9 Å². The van der Waals surface area contributed by atoms with E-state index in [-0.39, 0.29) is 22.5 Å². The van der Waals surface area contributed by atoms with E-state index in [9.17, 15) is 13.2 Å². The summed E-state index contributed by atoms with van der Waals surface area (Å²) >= 11 is 1.30. The molecule has 4 aromatic rings. The SMILES string of the molecule is Cc1ccc(-n2nnnc2SC(C)c2nc(-c3cccc(C(F)(F)F)c3)no2)cc1. The number of tetrazole rings is 1. The smallest absolute Gasteiger partial charge is 0.338 e. The van der Waals surface area contributed by atoms with Gasteiger partial charge in [0.05, 0.1) is 16.5 Å². The Morgan fingerprint density at radius 2 is 1.87 bits per heavy atom. The molecule has 0 saturated carbocycles. The standard InChI is InChI=1S/C19H15F3N6OS/c1-11-6-8-15(9-7-11)28-18(24-26-27-28)30-12(2)17-23-16(25-29-17)13-4-3-5-14(10-13)19(20,21)22/h3-10,12H,1-2H3. The Hall–Kier alpha value is -3.21. The van der Waals surface area contributed by atoms with Crippen LogP contribution in [0.25, 0.3) is 17.1 Å². The minimum Gasteiger partial charge on any atom is -0.338 e. The van der Waals surface area contributed by atoms with Gasteiger partial charge in [0.1, 0.15) is 0 Å². The molecule has 0 fully saturated rings. The van der Waals surface area contributed by atoms with E-state index in [0.717, 1.165) is 23.4 Å². The minimum absolute atomic E-state index is 0.0849. The summed E-state index contributed by atoms with van der Waals surface area (Å²) in [5, 5.41) is 15.8. The van der Waals surface area contributed by atoms with Gasteiger partial charge >= 0.3 is 6.18 Å². The van der Waals surface area contributed by atoms with Crippen LogP contribution in [0.5, 0.6) is 0 Å². The van der Waals surface area contributed by atoms with Crippen molar-refractivity contribution in [3.8, 4) is 17.1 Å². The number of aryl methyl sites for hydroxylation is 1. The molecule has 154 valence electrons. The van der Waals surface area contributed by atoms with Gasteiger partial charge in [0.25, 0.3) is 0 Å². The maximum atomic E-state index is 12.9. The zero-order valence-corrected chi connectivity index (χ0v) is 16.6. The molecular formula is C19H15F3N6OS.